The van der Waals surface area contributed by atoms with Crippen LogP contribution in [0.5, 0.6) is 0 Å². The van der Waals surface area contributed by atoms with Crippen molar-refractivity contribution in [3.8, 4) is 11.4 Å². The zero-order valence-electron chi connectivity index (χ0n) is 13.3. The fraction of sp³-hybridized carbons (Fsp3) is 0.294. The Morgan fingerprint density at radius 1 is 0.792 bits per heavy atom. The van der Waals surface area contributed by atoms with E-state index in [2.05, 4.69) is 19.9 Å². The Bertz CT molecular complexity index is 873. The number of anilines is 3. The maximum absolute atomic E-state index is 6.06. The monoisotopic (exact) mass is 321 g/mol. The summed E-state index contributed by atoms with van der Waals surface area (Å²) < 4.78 is 0. The van der Waals surface area contributed by atoms with Crippen molar-refractivity contribution in [3.63, 3.8) is 0 Å². The van der Waals surface area contributed by atoms with Crippen LogP contribution in [-0.2, 0) is 0 Å². The summed E-state index contributed by atoms with van der Waals surface area (Å²) in [5.41, 5.74) is 14.0. The SMILES string of the molecule is Nc1nc(N)c2nc(-c3ccccc3)nc(N3CCCCC3)c2n1. The van der Waals surface area contributed by atoms with Gasteiger partial charge in [0.25, 0.3) is 0 Å². The number of nitrogen functional groups attached to an aromatic ring is 2. The normalized spacial score (nSPS) is 14.9. The average Bonchev–Trinajstić information content (AvgIpc) is 2.62. The zero-order chi connectivity index (χ0) is 16.5. The second-order valence-corrected chi connectivity index (χ2v) is 5.95. The minimum Gasteiger partial charge on any atom is -0.382 e. The summed E-state index contributed by atoms with van der Waals surface area (Å²) in [7, 11) is 0. The predicted molar refractivity (Wildman–Crippen MR) is 95.5 cm³/mol. The molecule has 7 heteroatoms. The number of rotatable bonds is 2. The molecule has 0 saturated carbocycles. The van der Waals surface area contributed by atoms with Crippen LogP contribution < -0.4 is 16.4 Å². The van der Waals surface area contributed by atoms with E-state index in [-0.39, 0.29) is 11.8 Å². The Hall–Kier alpha value is -2.96. The maximum atomic E-state index is 6.06. The summed E-state index contributed by atoms with van der Waals surface area (Å²) >= 11 is 0. The molecule has 24 heavy (non-hydrogen) atoms. The van der Waals surface area contributed by atoms with Crippen LogP contribution in [0.1, 0.15) is 19.3 Å². The number of benzene rings is 1. The molecule has 7 nitrogen and oxygen atoms in total. The van der Waals surface area contributed by atoms with Crippen LogP contribution in [0, 0.1) is 0 Å². The Balaban J connectivity index is 1.96. The highest BCUT2D eigenvalue weighted by Gasteiger charge is 2.20. The van der Waals surface area contributed by atoms with Crippen molar-refractivity contribution in [1.29, 1.82) is 0 Å². The van der Waals surface area contributed by atoms with Gasteiger partial charge in [0.05, 0.1) is 0 Å². The Kier molecular flexibility index (Phi) is 3.60. The molecule has 0 radical (unpaired) electrons. The van der Waals surface area contributed by atoms with Gasteiger partial charge in [-0.15, -0.1) is 0 Å². The van der Waals surface area contributed by atoms with E-state index in [1.165, 1.54) is 6.42 Å². The van der Waals surface area contributed by atoms with Gasteiger partial charge in [0, 0.05) is 18.7 Å². The van der Waals surface area contributed by atoms with Crippen LogP contribution in [-0.4, -0.2) is 33.0 Å². The first-order chi connectivity index (χ1) is 11.7. The van der Waals surface area contributed by atoms with Crippen LogP contribution in [0.2, 0.25) is 0 Å². The van der Waals surface area contributed by atoms with E-state index in [9.17, 15) is 0 Å². The van der Waals surface area contributed by atoms with Crippen LogP contribution in [0.4, 0.5) is 17.6 Å². The molecule has 4 rings (SSSR count). The van der Waals surface area contributed by atoms with Gasteiger partial charge in [0.15, 0.2) is 17.5 Å². The lowest BCUT2D eigenvalue weighted by atomic mass is 10.1. The minimum absolute atomic E-state index is 0.148. The van der Waals surface area contributed by atoms with Gasteiger partial charge in [-0.05, 0) is 19.3 Å². The molecule has 0 aliphatic carbocycles. The van der Waals surface area contributed by atoms with Crippen LogP contribution in [0.3, 0.4) is 0 Å². The van der Waals surface area contributed by atoms with Gasteiger partial charge in [-0.2, -0.15) is 4.98 Å². The topological polar surface area (TPSA) is 107 Å². The summed E-state index contributed by atoms with van der Waals surface area (Å²) in [5.74, 6) is 1.85. The van der Waals surface area contributed by atoms with Gasteiger partial charge >= 0.3 is 0 Å². The lowest BCUT2D eigenvalue weighted by Crippen LogP contribution is -2.30. The molecule has 2 aromatic heterocycles. The number of piperidine rings is 1. The molecule has 0 atom stereocenters. The summed E-state index contributed by atoms with van der Waals surface area (Å²) in [6.45, 7) is 1.90. The van der Waals surface area contributed by atoms with E-state index in [1.54, 1.807) is 0 Å². The van der Waals surface area contributed by atoms with Gasteiger partial charge in [-0.1, -0.05) is 30.3 Å². The smallest absolute Gasteiger partial charge is 0.222 e. The van der Waals surface area contributed by atoms with Crippen molar-refractivity contribution < 1.29 is 0 Å². The molecule has 3 heterocycles. The number of hydrogen-bond donors (Lipinski definition) is 2. The van der Waals surface area contributed by atoms with E-state index in [0.717, 1.165) is 37.3 Å². The molecular weight excluding hydrogens is 302 g/mol. The van der Waals surface area contributed by atoms with Crippen LogP contribution in [0.15, 0.2) is 30.3 Å². The van der Waals surface area contributed by atoms with E-state index < -0.39 is 0 Å². The molecule has 0 unspecified atom stereocenters. The van der Waals surface area contributed by atoms with E-state index in [4.69, 9.17) is 16.5 Å². The molecule has 0 amide bonds. The standard InChI is InChI=1S/C17H19N7/c18-14-12-13(21-17(19)22-14)16(24-9-5-2-6-10-24)23-15(20-12)11-7-3-1-4-8-11/h1,3-4,7-8H,2,5-6,9-10H2,(H4,18,19,21,22). The highest BCUT2D eigenvalue weighted by atomic mass is 15.2. The van der Waals surface area contributed by atoms with E-state index in [0.29, 0.717) is 16.9 Å². The van der Waals surface area contributed by atoms with Crippen LogP contribution in [0.25, 0.3) is 22.4 Å². The quantitative estimate of drug-likeness (QED) is 0.745. The molecule has 1 saturated heterocycles. The molecule has 4 N–H and O–H groups in total. The lowest BCUT2D eigenvalue weighted by molar-refractivity contribution is 0.574. The van der Waals surface area contributed by atoms with Crippen molar-refractivity contribution >= 4 is 28.6 Å². The Morgan fingerprint density at radius 2 is 1.54 bits per heavy atom. The number of nitrogens with zero attached hydrogens (tertiary/aromatic N) is 5. The number of aromatic nitrogens is 4. The molecule has 1 aliphatic rings. The summed E-state index contributed by atoms with van der Waals surface area (Å²) in [6.07, 6.45) is 3.52. The maximum Gasteiger partial charge on any atom is 0.222 e. The van der Waals surface area contributed by atoms with Crippen molar-refractivity contribution in [2.24, 2.45) is 0 Å². The van der Waals surface area contributed by atoms with Crippen molar-refractivity contribution in [2.45, 2.75) is 19.3 Å². The summed E-state index contributed by atoms with van der Waals surface area (Å²) in [6, 6.07) is 9.86. The molecule has 1 aromatic carbocycles. The Morgan fingerprint density at radius 3 is 2.29 bits per heavy atom. The highest BCUT2D eigenvalue weighted by Crippen LogP contribution is 2.30. The molecule has 122 valence electrons. The molecule has 1 fully saturated rings. The number of fused-ring (bicyclic) bond motifs is 1. The van der Waals surface area contributed by atoms with Crippen molar-refractivity contribution in [3.05, 3.63) is 30.3 Å². The highest BCUT2D eigenvalue weighted by molar-refractivity contribution is 5.94. The minimum atomic E-state index is 0.148. The van der Waals surface area contributed by atoms with Crippen molar-refractivity contribution in [2.75, 3.05) is 29.5 Å². The molecule has 0 spiro atoms. The van der Waals surface area contributed by atoms with Gasteiger partial charge < -0.3 is 16.4 Å². The first-order valence-corrected chi connectivity index (χ1v) is 8.13. The summed E-state index contributed by atoms with van der Waals surface area (Å²) in [5, 5.41) is 0. The third-order valence-electron chi connectivity index (χ3n) is 4.26. The zero-order valence-corrected chi connectivity index (χ0v) is 13.3. The van der Waals surface area contributed by atoms with Gasteiger partial charge in [-0.3, -0.25) is 0 Å². The fourth-order valence-electron chi connectivity index (χ4n) is 3.08. The lowest BCUT2D eigenvalue weighted by Gasteiger charge is -2.28. The van der Waals surface area contributed by atoms with Crippen molar-refractivity contribution in [1.82, 2.24) is 19.9 Å². The average molecular weight is 321 g/mol. The molecule has 0 bridgehead atoms. The fourth-order valence-corrected chi connectivity index (χ4v) is 3.08. The number of nitrogens with two attached hydrogens (primary N) is 2. The first kappa shape index (κ1) is 14.6. The summed E-state index contributed by atoms with van der Waals surface area (Å²) in [4.78, 5) is 20.1. The van der Waals surface area contributed by atoms with Gasteiger partial charge in [0.1, 0.15) is 11.0 Å². The Labute approximate surface area is 139 Å². The first-order valence-electron chi connectivity index (χ1n) is 8.13. The third-order valence-corrected chi connectivity index (χ3v) is 4.26. The number of hydrogen-bond acceptors (Lipinski definition) is 7. The second kappa shape index (κ2) is 5.92. The molecule has 1 aliphatic heterocycles. The van der Waals surface area contributed by atoms with Crippen LogP contribution >= 0.6 is 0 Å². The van der Waals surface area contributed by atoms with Gasteiger partial charge in [-0.25, -0.2) is 15.0 Å². The largest absolute Gasteiger partial charge is 0.382 e. The van der Waals surface area contributed by atoms with E-state index in [1.807, 2.05) is 30.3 Å². The molecule has 3 aromatic rings. The molecular formula is C17H19N7. The van der Waals surface area contributed by atoms with Gasteiger partial charge in [0.2, 0.25) is 5.95 Å². The second-order valence-electron chi connectivity index (χ2n) is 5.95. The third kappa shape index (κ3) is 2.58. The predicted octanol–water partition coefficient (Wildman–Crippen LogP) is 2.24. The van der Waals surface area contributed by atoms with E-state index >= 15 is 0 Å².